The molecule has 0 atom stereocenters. The normalized spacial score (nSPS) is 10.9. The lowest BCUT2D eigenvalue weighted by Crippen LogP contribution is -1.91. The van der Waals surface area contributed by atoms with Crippen LogP contribution < -0.4 is 4.13 Å². The third-order valence-corrected chi connectivity index (χ3v) is 2.50. The van der Waals surface area contributed by atoms with E-state index < -0.39 is 0 Å². The number of hydrogen-bond donors (Lipinski definition) is 2. The van der Waals surface area contributed by atoms with E-state index in [1.165, 1.54) is 6.07 Å². The maximum atomic E-state index is 13.2. The molecule has 0 fully saturated rings. The summed E-state index contributed by atoms with van der Waals surface area (Å²) in [6.07, 6.45) is 4.88. The molecule has 0 aliphatic rings. The summed E-state index contributed by atoms with van der Waals surface area (Å²) in [4.78, 5) is 4.38. The van der Waals surface area contributed by atoms with Gasteiger partial charge in [-0.3, -0.25) is 0 Å². The predicted molar refractivity (Wildman–Crippen MR) is 53.1 cm³/mol. The number of hydrogen-bond acceptors (Lipinski definition) is 4. The molecule has 0 saturated carbocycles. The second-order valence-corrected chi connectivity index (χ2v) is 3.78. The molecule has 0 amide bonds. The van der Waals surface area contributed by atoms with Gasteiger partial charge in [0.05, 0.1) is 22.9 Å². The molecule has 1 N–H and O–H groups in total. The third kappa shape index (κ3) is 1.65. The minimum Gasteiger partial charge on any atom is -0.305 e. The van der Waals surface area contributed by atoms with Gasteiger partial charge in [0.2, 0.25) is 0 Å². The molecule has 2 aromatic heterocycles. The monoisotopic (exact) mass is 215 g/mol. The molecule has 68 valence electrons. The van der Waals surface area contributed by atoms with Crippen LogP contribution in [0.4, 0.5) is 4.39 Å². The second-order valence-electron chi connectivity index (χ2n) is 2.40. The SMILES string of the molecule is Fc1cc2cncn2cc1SNS. The summed E-state index contributed by atoms with van der Waals surface area (Å²) in [5.74, 6) is -0.278. The molecule has 0 radical (unpaired) electrons. The number of imidazole rings is 1. The molecule has 6 heteroatoms. The topological polar surface area (TPSA) is 29.3 Å². The van der Waals surface area contributed by atoms with Crippen LogP contribution in [0.5, 0.6) is 0 Å². The highest BCUT2D eigenvalue weighted by Crippen LogP contribution is 2.20. The van der Waals surface area contributed by atoms with Crippen molar-refractivity contribution >= 4 is 30.3 Å². The van der Waals surface area contributed by atoms with Gasteiger partial charge in [0, 0.05) is 12.3 Å². The van der Waals surface area contributed by atoms with Crippen molar-refractivity contribution in [1.82, 2.24) is 13.5 Å². The van der Waals surface area contributed by atoms with Crippen molar-refractivity contribution in [3.05, 3.63) is 30.6 Å². The van der Waals surface area contributed by atoms with Gasteiger partial charge < -0.3 is 4.40 Å². The Labute approximate surface area is 84.0 Å². The maximum absolute atomic E-state index is 13.2. The van der Waals surface area contributed by atoms with Gasteiger partial charge in [0.25, 0.3) is 0 Å². The second kappa shape index (κ2) is 3.57. The van der Waals surface area contributed by atoms with Gasteiger partial charge in [-0.15, -0.1) is 0 Å². The molecule has 0 spiro atoms. The Morgan fingerprint density at radius 1 is 1.62 bits per heavy atom. The van der Waals surface area contributed by atoms with Crippen LogP contribution in [0.1, 0.15) is 0 Å². The van der Waals surface area contributed by atoms with Crippen molar-refractivity contribution in [2.75, 3.05) is 0 Å². The molecule has 0 aliphatic carbocycles. The number of aromatic nitrogens is 2. The fourth-order valence-corrected chi connectivity index (χ4v) is 1.76. The average Bonchev–Trinajstić information content (AvgIpc) is 2.52. The first-order valence-corrected chi connectivity index (χ1v) is 4.75. The Kier molecular flexibility index (Phi) is 2.43. The molecule has 0 saturated heterocycles. The zero-order valence-corrected chi connectivity index (χ0v) is 8.15. The molecular formula is C7H6FN3S2. The van der Waals surface area contributed by atoms with E-state index in [2.05, 4.69) is 21.9 Å². The Hall–Kier alpha value is -0.720. The number of halogens is 1. The van der Waals surface area contributed by atoms with Crippen LogP contribution in [0.3, 0.4) is 0 Å². The van der Waals surface area contributed by atoms with Crippen molar-refractivity contribution in [2.45, 2.75) is 4.90 Å². The number of nitrogens with one attached hydrogen (secondary N) is 1. The van der Waals surface area contributed by atoms with Crippen molar-refractivity contribution in [2.24, 2.45) is 0 Å². The highest BCUT2D eigenvalue weighted by atomic mass is 32.2. The molecule has 0 aliphatic heterocycles. The highest BCUT2D eigenvalue weighted by molar-refractivity contribution is 8.06. The molecule has 3 nitrogen and oxygen atoms in total. The number of pyridine rings is 1. The lowest BCUT2D eigenvalue weighted by atomic mass is 10.4. The number of fused-ring (bicyclic) bond motifs is 1. The Morgan fingerprint density at radius 2 is 2.46 bits per heavy atom. The van der Waals surface area contributed by atoms with Crippen molar-refractivity contribution in [3.63, 3.8) is 0 Å². The van der Waals surface area contributed by atoms with Crippen molar-refractivity contribution < 1.29 is 4.39 Å². The molecule has 2 aromatic rings. The molecular weight excluding hydrogens is 209 g/mol. The Balaban J connectivity index is 2.56. The molecule has 13 heavy (non-hydrogen) atoms. The molecule has 0 aromatic carbocycles. The molecule has 2 heterocycles. The van der Waals surface area contributed by atoms with Crippen molar-refractivity contribution in [3.8, 4) is 0 Å². The summed E-state index contributed by atoms with van der Waals surface area (Å²) in [5.41, 5.74) is 0.737. The summed E-state index contributed by atoms with van der Waals surface area (Å²) >= 11 is 4.89. The first-order valence-electron chi connectivity index (χ1n) is 3.48. The van der Waals surface area contributed by atoms with Gasteiger partial charge >= 0.3 is 0 Å². The molecule has 0 unspecified atom stereocenters. The van der Waals surface area contributed by atoms with Crippen LogP contribution in [0.25, 0.3) is 5.52 Å². The summed E-state index contributed by atoms with van der Waals surface area (Å²) in [6, 6.07) is 1.43. The van der Waals surface area contributed by atoms with Crippen LogP contribution in [-0.4, -0.2) is 9.38 Å². The van der Waals surface area contributed by atoms with Gasteiger partial charge in [-0.25, -0.2) is 13.5 Å². The van der Waals surface area contributed by atoms with Gasteiger partial charge in [-0.05, 0) is 11.9 Å². The summed E-state index contributed by atoms with van der Waals surface area (Å²) in [7, 11) is 0. The minimum absolute atomic E-state index is 0.278. The largest absolute Gasteiger partial charge is 0.305 e. The van der Waals surface area contributed by atoms with E-state index in [0.717, 1.165) is 17.5 Å². The van der Waals surface area contributed by atoms with Crippen LogP contribution in [0.15, 0.2) is 29.7 Å². The number of nitrogens with zero attached hydrogens (tertiary/aromatic N) is 2. The fraction of sp³-hybridized carbons (Fsp3) is 0. The van der Waals surface area contributed by atoms with E-state index in [4.69, 9.17) is 0 Å². The zero-order chi connectivity index (χ0) is 9.26. The van der Waals surface area contributed by atoms with Gasteiger partial charge in [0.15, 0.2) is 0 Å². The smallest absolute Gasteiger partial charge is 0.141 e. The van der Waals surface area contributed by atoms with Gasteiger partial charge in [0.1, 0.15) is 5.82 Å². The third-order valence-electron chi connectivity index (χ3n) is 1.62. The highest BCUT2D eigenvalue weighted by Gasteiger charge is 2.04. The van der Waals surface area contributed by atoms with E-state index in [9.17, 15) is 4.39 Å². The van der Waals surface area contributed by atoms with E-state index in [1.807, 2.05) is 0 Å². The first kappa shape index (κ1) is 8.86. The maximum Gasteiger partial charge on any atom is 0.141 e. The summed E-state index contributed by atoms with van der Waals surface area (Å²) in [5, 5.41) is 0. The van der Waals surface area contributed by atoms with Gasteiger partial charge in [-0.2, -0.15) is 0 Å². The van der Waals surface area contributed by atoms with Gasteiger partial charge in [-0.1, -0.05) is 12.8 Å². The van der Waals surface area contributed by atoms with Crippen LogP contribution in [0.2, 0.25) is 0 Å². The van der Waals surface area contributed by atoms with E-state index in [-0.39, 0.29) is 5.82 Å². The van der Waals surface area contributed by atoms with Crippen molar-refractivity contribution in [1.29, 1.82) is 0 Å². The van der Waals surface area contributed by atoms with E-state index in [1.54, 1.807) is 23.1 Å². The molecule has 2 rings (SSSR count). The van der Waals surface area contributed by atoms with Crippen LogP contribution in [-0.2, 0) is 0 Å². The Bertz CT molecular complexity index is 429. The number of thiol groups is 1. The van der Waals surface area contributed by atoms with E-state index >= 15 is 0 Å². The van der Waals surface area contributed by atoms with Crippen LogP contribution >= 0.6 is 24.8 Å². The quantitative estimate of drug-likeness (QED) is 0.592. The molecule has 0 bridgehead atoms. The van der Waals surface area contributed by atoms with Crippen LogP contribution in [0, 0.1) is 5.82 Å². The number of rotatable bonds is 2. The standard InChI is InChI=1S/C7H6FN3S2/c8-6-1-5-2-9-4-11(5)3-7(6)13-10-12/h1-4,10,12H. The Morgan fingerprint density at radius 3 is 3.23 bits per heavy atom. The summed E-state index contributed by atoms with van der Waals surface area (Å²) in [6.45, 7) is 0. The average molecular weight is 215 g/mol. The predicted octanol–water partition coefficient (Wildman–Crippen LogP) is 1.91. The lowest BCUT2D eigenvalue weighted by Gasteiger charge is -2.01. The summed E-state index contributed by atoms with van der Waals surface area (Å²) < 4.78 is 17.5. The first-order chi connectivity index (χ1) is 6.31. The van der Waals surface area contributed by atoms with E-state index in [0.29, 0.717) is 4.90 Å². The minimum atomic E-state index is -0.278. The fourth-order valence-electron chi connectivity index (χ4n) is 1.05. The lowest BCUT2D eigenvalue weighted by molar-refractivity contribution is 0.599. The zero-order valence-electron chi connectivity index (χ0n) is 6.44.